The first kappa shape index (κ1) is 28.6. The van der Waals surface area contributed by atoms with Gasteiger partial charge in [0.15, 0.2) is 0 Å². The van der Waals surface area contributed by atoms with Crippen LogP contribution in [0.4, 0.5) is 5.69 Å². The molecule has 1 N–H and O–H groups in total. The van der Waals surface area contributed by atoms with Crippen LogP contribution >= 0.6 is 0 Å². The van der Waals surface area contributed by atoms with Crippen molar-refractivity contribution in [1.82, 2.24) is 0 Å². The number of rotatable bonds is 9. The Hall–Kier alpha value is -4.39. The molecule has 208 valence electrons. The van der Waals surface area contributed by atoms with Crippen molar-refractivity contribution in [2.75, 3.05) is 11.5 Å². The molecule has 3 aromatic rings. The minimum atomic E-state index is -0.839. The molecule has 1 unspecified atom stereocenters. The lowest BCUT2D eigenvalue weighted by atomic mass is 9.94. The van der Waals surface area contributed by atoms with Gasteiger partial charge in [0.25, 0.3) is 11.7 Å². The van der Waals surface area contributed by atoms with E-state index in [4.69, 9.17) is 9.47 Å². The van der Waals surface area contributed by atoms with Crippen LogP contribution < -0.4 is 9.64 Å². The van der Waals surface area contributed by atoms with Gasteiger partial charge in [-0.25, -0.2) is 0 Å². The first-order chi connectivity index (χ1) is 19.0. The van der Waals surface area contributed by atoms with Crippen molar-refractivity contribution in [1.29, 1.82) is 0 Å². The van der Waals surface area contributed by atoms with E-state index >= 15 is 0 Å². The van der Waals surface area contributed by atoms with Gasteiger partial charge in [-0.15, -0.1) is 0 Å². The van der Waals surface area contributed by atoms with Crippen molar-refractivity contribution in [2.45, 2.75) is 53.2 Å². The van der Waals surface area contributed by atoms with E-state index in [-0.39, 0.29) is 29.8 Å². The first-order valence-corrected chi connectivity index (χ1v) is 13.4. The van der Waals surface area contributed by atoms with Crippen LogP contribution in [0.5, 0.6) is 5.75 Å². The minimum Gasteiger partial charge on any atom is -0.507 e. The Labute approximate surface area is 235 Å². The lowest BCUT2D eigenvalue weighted by molar-refractivity contribution is -0.146. The van der Waals surface area contributed by atoms with Crippen LogP contribution in [0.25, 0.3) is 5.76 Å². The van der Waals surface area contributed by atoms with E-state index in [0.29, 0.717) is 35.1 Å². The Bertz CT molecular complexity index is 1420. The highest BCUT2D eigenvalue weighted by Gasteiger charge is 2.47. The summed E-state index contributed by atoms with van der Waals surface area (Å²) >= 11 is 0. The molecule has 1 aliphatic heterocycles. The number of ether oxygens (including phenoxy) is 2. The van der Waals surface area contributed by atoms with Crippen molar-refractivity contribution < 1.29 is 29.0 Å². The fourth-order valence-corrected chi connectivity index (χ4v) is 4.63. The molecule has 1 fully saturated rings. The second-order valence-corrected chi connectivity index (χ2v) is 10.7. The van der Waals surface area contributed by atoms with Gasteiger partial charge in [0.1, 0.15) is 11.5 Å². The molecule has 1 amide bonds. The number of nitrogens with zero attached hydrogens (tertiary/aromatic N) is 1. The van der Waals surface area contributed by atoms with Crippen molar-refractivity contribution >= 4 is 29.1 Å². The summed E-state index contributed by atoms with van der Waals surface area (Å²) in [4.78, 5) is 40.4. The average Bonchev–Trinajstić information content (AvgIpc) is 3.17. The van der Waals surface area contributed by atoms with Crippen molar-refractivity contribution in [3.8, 4) is 5.75 Å². The number of amides is 1. The fraction of sp³-hybridized carbons (Fsp3) is 0.303. The summed E-state index contributed by atoms with van der Waals surface area (Å²) in [5.41, 5.74) is 3.27. The molecular formula is C33H35NO6. The molecule has 0 saturated carbocycles. The molecule has 1 aliphatic rings. The summed E-state index contributed by atoms with van der Waals surface area (Å²) in [6.07, 6.45) is -0.119. The van der Waals surface area contributed by atoms with Crippen LogP contribution in [0.15, 0.2) is 78.4 Å². The fourth-order valence-electron chi connectivity index (χ4n) is 4.63. The van der Waals surface area contributed by atoms with Crippen LogP contribution in [0.3, 0.4) is 0 Å². The number of esters is 1. The average molecular weight is 542 g/mol. The topological polar surface area (TPSA) is 93.1 Å². The Morgan fingerprint density at radius 2 is 1.62 bits per heavy atom. The summed E-state index contributed by atoms with van der Waals surface area (Å²) in [7, 11) is 0. The number of benzene rings is 3. The highest BCUT2D eigenvalue weighted by molar-refractivity contribution is 6.51. The van der Waals surface area contributed by atoms with Gasteiger partial charge in [0, 0.05) is 11.3 Å². The van der Waals surface area contributed by atoms with Crippen molar-refractivity contribution in [3.05, 3.63) is 101 Å². The molecule has 1 heterocycles. The largest absolute Gasteiger partial charge is 0.507 e. The zero-order chi connectivity index (χ0) is 29.0. The summed E-state index contributed by atoms with van der Waals surface area (Å²) in [5, 5.41) is 11.4. The van der Waals surface area contributed by atoms with Gasteiger partial charge in [-0.2, -0.15) is 0 Å². The highest BCUT2D eigenvalue weighted by atomic mass is 16.5. The zero-order valence-corrected chi connectivity index (χ0v) is 23.5. The lowest BCUT2D eigenvalue weighted by Crippen LogP contribution is -2.29. The smallest absolute Gasteiger partial charge is 0.310 e. The maximum atomic E-state index is 13.4. The Morgan fingerprint density at radius 3 is 2.23 bits per heavy atom. The molecule has 7 nitrogen and oxygen atoms in total. The second-order valence-electron chi connectivity index (χ2n) is 10.7. The normalized spacial score (nSPS) is 16.6. The van der Waals surface area contributed by atoms with E-state index < -0.39 is 17.7 Å². The zero-order valence-electron chi connectivity index (χ0n) is 23.5. The van der Waals surface area contributed by atoms with E-state index in [0.717, 1.165) is 11.1 Å². The van der Waals surface area contributed by atoms with E-state index in [9.17, 15) is 19.5 Å². The van der Waals surface area contributed by atoms with Gasteiger partial charge < -0.3 is 14.6 Å². The maximum Gasteiger partial charge on any atom is 0.310 e. The van der Waals surface area contributed by atoms with Crippen LogP contribution in [0.2, 0.25) is 0 Å². The molecule has 0 radical (unpaired) electrons. The SMILES string of the molecule is Cc1cccc(C2/C(=C(/O)c3ccc(OCC(C)C)cc3)C(=O)C(=O)N2c2ccc(CC(=O)OC(C)C)cc2)c1. The van der Waals surface area contributed by atoms with Crippen LogP contribution in [-0.4, -0.2) is 35.5 Å². The number of aliphatic hydroxyl groups is 1. The summed E-state index contributed by atoms with van der Waals surface area (Å²) in [5.74, 6) is -1.09. The third-order valence-corrected chi connectivity index (χ3v) is 6.44. The molecule has 0 aliphatic carbocycles. The predicted octanol–water partition coefficient (Wildman–Crippen LogP) is 6.15. The molecule has 1 atom stereocenters. The summed E-state index contributed by atoms with van der Waals surface area (Å²) in [6.45, 7) is 10.2. The molecule has 3 aromatic carbocycles. The number of hydrogen-bond acceptors (Lipinski definition) is 6. The van der Waals surface area contributed by atoms with Gasteiger partial charge in [0.05, 0.1) is 30.7 Å². The van der Waals surface area contributed by atoms with Crippen LogP contribution in [0.1, 0.15) is 56.0 Å². The first-order valence-electron chi connectivity index (χ1n) is 13.4. The van der Waals surface area contributed by atoms with E-state index in [2.05, 4.69) is 13.8 Å². The molecule has 1 saturated heterocycles. The molecule has 4 rings (SSSR count). The Balaban J connectivity index is 1.73. The van der Waals surface area contributed by atoms with Crippen molar-refractivity contribution in [3.63, 3.8) is 0 Å². The van der Waals surface area contributed by atoms with Gasteiger partial charge in [-0.1, -0.05) is 55.8 Å². The molecule has 40 heavy (non-hydrogen) atoms. The number of Topliss-reactive ketones (excluding diaryl/α,β-unsaturated/α-hetero) is 1. The number of hydrogen-bond donors (Lipinski definition) is 1. The van der Waals surface area contributed by atoms with Gasteiger partial charge in [-0.3, -0.25) is 19.3 Å². The monoisotopic (exact) mass is 541 g/mol. The minimum absolute atomic E-state index is 0.0102. The van der Waals surface area contributed by atoms with E-state index in [1.54, 1.807) is 62.4 Å². The summed E-state index contributed by atoms with van der Waals surface area (Å²) < 4.78 is 11.0. The third-order valence-electron chi connectivity index (χ3n) is 6.44. The van der Waals surface area contributed by atoms with E-state index in [1.807, 2.05) is 31.2 Å². The van der Waals surface area contributed by atoms with Gasteiger partial charge in [0.2, 0.25) is 0 Å². The number of aliphatic hydroxyl groups excluding tert-OH is 1. The molecule has 0 spiro atoms. The lowest BCUT2D eigenvalue weighted by Gasteiger charge is -2.26. The van der Waals surface area contributed by atoms with E-state index in [1.165, 1.54) is 4.90 Å². The second kappa shape index (κ2) is 12.2. The summed E-state index contributed by atoms with van der Waals surface area (Å²) in [6, 6.07) is 20.4. The third kappa shape index (κ3) is 6.42. The quantitative estimate of drug-likeness (QED) is 0.151. The number of aryl methyl sites for hydroxylation is 1. The Morgan fingerprint density at radius 1 is 0.950 bits per heavy atom. The highest BCUT2D eigenvalue weighted by Crippen LogP contribution is 2.42. The maximum absolute atomic E-state index is 13.4. The van der Waals surface area contributed by atoms with Crippen LogP contribution in [0, 0.1) is 12.8 Å². The standard InChI is InChI=1S/C33H35NO6/c1-20(2)19-39-27-15-11-24(12-16-27)31(36)29-30(25-8-6-7-22(5)17-25)34(33(38)32(29)37)26-13-9-23(10-14-26)18-28(35)40-21(3)4/h6-17,20-21,30,36H,18-19H2,1-5H3/b31-29-. The van der Waals surface area contributed by atoms with Gasteiger partial charge in [-0.05, 0) is 74.2 Å². The Kier molecular flexibility index (Phi) is 8.73. The van der Waals surface area contributed by atoms with Gasteiger partial charge >= 0.3 is 5.97 Å². The number of carbonyl (C=O) groups is 3. The molecular weight excluding hydrogens is 506 g/mol. The molecule has 0 bridgehead atoms. The molecule has 0 aromatic heterocycles. The number of carbonyl (C=O) groups excluding carboxylic acids is 3. The number of ketones is 1. The number of anilines is 1. The van der Waals surface area contributed by atoms with Crippen molar-refractivity contribution in [2.24, 2.45) is 5.92 Å². The molecule has 7 heteroatoms. The van der Waals surface area contributed by atoms with Crippen LogP contribution in [-0.2, 0) is 25.5 Å². The predicted molar refractivity (Wildman–Crippen MR) is 154 cm³/mol.